The van der Waals surface area contributed by atoms with Crippen LogP contribution in [0.2, 0.25) is 0 Å². The lowest BCUT2D eigenvalue weighted by Gasteiger charge is -2.24. The van der Waals surface area contributed by atoms with Crippen molar-refractivity contribution in [1.29, 1.82) is 0 Å². The van der Waals surface area contributed by atoms with Crippen LogP contribution in [0.1, 0.15) is 19.3 Å². The molecule has 118 valence electrons. The van der Waals surface area contributed by atoms with Crippen molar-refractivity contribution in [3.63, 3.8) is 0 Å². The quantitative estimate of drug-likeness (QED) is 0.826. The lowest BCUT2D eigenvalue weighted by atomic mass is 9.99. The van der Waals surface area contributed by atoms with Crippen molar-refractivity contribution in [2.24, 2.45) is 5.92 Å². The molecule has 22 heavy (non-hydrogen) atoms. The van der Waals surface area contributed by atoms with Gasteiger partial charge in [-0.2, -0.15) is 0 Å². The van der Waals surface area contributed by atoms with Crippen LogP contribution in [0.3, 0.4) is 0 Å². The molecule has 0 aromatic carbocycles. The number of fused-ring (bicyclic) bond motifs is 1. The Balaban J connectivity index is 1.68. The fourth-order valence-corrected chi connectivity index (χ4v) is 3.40. The normalized spacial score (nSPS) is 24.5. The molecule has 3 amide bonds. The van der Waals surface area contributed by atoms with E-state index in [0.29, 0.717) is 31.2 Å². The molecule has 6 nitrogen and oxygen atoms in total. The third-order valence-electron chi connectivity index (χ3n) is 4.38. The predicted octanol–water partition coefficient (Wildman–Crippen LogP) is 2.00. The summed E-state index contributed by atoms with van der Waals surface area (Å²) < 4.78 is 0.878. The number of nitrogens with one attached hydrogen (secondary N) is 1. The molecule has 2 unspecified atom stereocenters. The summed E-state index contributed by atoms with van der Waals surface area (Å²) in [5.74, 6) is 1.08. The van der Waals surface area contributed by atoms with Gasteiger partial charge in [-0.1, -0.05) is 0 Å². The summed E-state index contributed by atoms with van der Waals surface area (Å²) in [5.41, 5.74) is 0. The summed E-state index contributed by atoms with van der Waals surface area (Å²) in [6, 6.07) is 3.68. The first-order chi connectivity index (χ1) is 10.5. The Morgan fingerprint density at radius 2 is 2.27 bits per heavy atom. The highest BCUT2D eigenvalue weighted by atomic mass is 79.9. The monoisotopic (exact) mass is 366 g/mol. The van der Waals surface area contributed by atoms with E-state index < -0.39 is 0 Å². The Morgan fingerprint density at radius 1 is 1.45 bits per heavy atom. The summed E-state index contributed by atoms with van der Waals surface area (Å²) in [6.45, 7) is 1.28. The smallest absolute Gasteiger partial charge is 0.325 e. The van der Waals surface area contributed by atoms with Crippen LogP contribution < -0.4 is 10.2 Å². The molecule has 2 fully saturated rings. The molecule has 1 aromatic heterocycles. The molecule has 2 aliphatic heterocycles. The van der Waals surface area contributed by atoms with E-state index in [-0.39, 0.29) is 18.0 Å². The topological polar surface area (TPSA) is 65.5 Å². The van der Waals surface area contributed by atoms with Gasteiger partial charge >= 0.3 is 6.03 Å². The van der Waals surface area contributed by atoms with Crippen LogP contribution in [0.4, 0.5) is 10.6 Å². The summed E-state index contributed by atoms with van der Waals surface area (Å²) >= 11 is 3.34. The number of aromatic nitrogens is 1. The Bertz CT molecular complexity index is 577. The van der Waals surface area contributed by atoms with E-state index in [2.05, 4.69) is 26.2 Å². The molecule has 2 aliphatic rings. The molecule has 0 radical (unpaired) electrons. The summed E-state index contributed by atoms with van der Waals surface area (Å²) in [4.78, 5) is 31.9. The van der Waals surface area contributed by atoms with Crippen LogP contribution in [0, 0.1) is 5.92 Å². The van der Waals surface area contributed by atoms with Gasteiger partial charge in [-0.3, -0.25) is 9.69 Å². The number of amides is 3. The zero-order chi connectivity index (χ0) is 15.7. The molecule has 3 rings (SSSR count). The summed E-state index contributed by atoms with van der Waals surface area (Å²) in [6.07, 6.45) is 4.17. The number of carbonyl (C=O) groups excluding carboxylic acids is 2. The van der Waals surface area contributed by atoms with Crippen molar-refractivity contribution in [3.8, 4) is 0 Å². The fraction of sp³-hybridized carbons (Fsp3) is 0.533. The van der Waals surface area contributed by atoms with Crippen molar-refractivity contribution in [2.75, 3.05) is 25.0 Å². The fourth-order valence-electron chi connectivity index (χ4n) is 3.16. The molecular formula is C15H19BrN4O2. The van der Waals surface area contributed by atoms with Crippen molar-refractivity contribution in [3.05, 3.63) is 22.8 Å². The highest BCUT2D eigenvalue weighted by Crippen LogP contribution is 2.26. The van der Waals surface area contributed by atoms with Gasteiger partial charge in [0.1, 0.15) is 5.82 Å². The highest BCUT2D eigenvalue weighted by molar-refractivity contribution is 9.10. The first-order valence-electron chi connectivity index (χ1n) is 7.48. The van der Waals surface area contributed by atoms with Gasteiger partial charge in [-0.05, 0) is 46.8 Å². The van der Waals surface area contributed by atoms with Gasteiger partial charge in [-0.15, -0.1) is 0 Å². The molecule has 0 spiro atoms. The summed E-state index contributed by atoms with van der Waals surface area (Å²) in [5, 5.41) is 3.04. The van der Waals surface area contributed by atoms with Crippen LogP contribution >= 0.6 is 15.9 Å². The third kappa shape index (κ3) is 3.09. The third-order valence-corrected chi connectivity index (χ3v) is 4.85. The molecule has 3 heterocycles. The molecule has 1 aromatic rings. The van der Waals surface area contributed by atoms with Crippen molar-refractivity contribution in [1.82, 2.24) is 15.2 Å². The number of urea groups is 1. The van der Waals surface area contributed by atoms with E-state index in [4.69, 9.17) is 0 Å². The Labute approximate surface area is 138 Å². The minimum atomic E-state index is -0.0721. The largest absolute Gasteiger partial charge is 0.351 e. The number of anilines is 1. The van der Waals surface area contributed by atoms with E-state index in [0.717, 1.165) is 17.3 Å². The van der Waals surface area contributed by atoms with Crippen molar-refractivity contribution < 1.29 is 9.59 Å². The maximum atomic E-state index is 12.6. The number of pyridine rings is 1. The zero-order valence-corrected chi connectivity index (χ0v) is 14.0. The van der Waals surface area contributed by atoms with Crippen LogP contribution in [0.25, 0.3) is 0 Å². The second-order valence-electron chi connectivity index (χ2n) is 5.91. The van der Waals surface area contributed by atoms with Gasteiger partial charge in [-0.25, -0.2) is 9.78 Å². The SMILES string of the molecule is CN(C(=O)N1CC2CCCC(=O)NC2C1)c1ccc(Br)cn1. The highest BCUT2D eigenvalue weighted by Gasteiger charge is 2.38. The zero-order valence-electron chi connectivity index (χ0n) is 12.5. The maximum absolute atomic E-state index is 12.6. The predicted molar refractivity (Wildman–Crippen MR) is 86.6 cm³/mol. The minimum absolute atomic E-state index is 0.0721. The molecule has 0 bridgehead atoms. The van der Waals surface area contributed by atoms with Crippen molar-refractivity contribution >= 4 is 33.7 Å². The standard InChI is InChI=1S/C15H19BrN4O2/c1-19(13-6-5-11(16)7-17-13)15(22)20-8-10-3-2-4-14(21)18-12(10)9-20/h5-7,10,12H,2-4,8-9H2,1H3,(H,18,21). The van der Waals surface area contributed by atoms with Gasteiger partial charge in [0.05, 0.1) is 6.04 Å². The van der Waals surface area contributed by atoms with Crippen LogP contribution in [0.5, 0.6) is 0 Å². The molecule has 1 N–H and O–H groups in total. The molecule has 0 aliphatic carbocycles. The van der Waals surface area contributed by atoms with Gasteiger partial charge in [0.25, 0.3) is 0 Å². The second-order valence-corrected chi connectivity index (χ2v) is 6.82. The number of carbonyl (C=O) groups is 2. The average molecular weight is 367 g/mol. The molecular weight excluding hydrogens is 348 g/mol. The van der Waals surface area contributed by atoms with Crippen molar-refractivity contribution in [2.45, 2.75) is 25.3 Å². The van der Waals surface area contributed by atoms with Crippen LogP contribution in [0.15, 0.2) is 22.8 Å². The molecule has 0 saturated carbocycles. The number of hydrogen-bond acceptors (Lipinski definition) is 3. The first-order valence-corrected chi connectivity index (χ1v) is 8.27. The lowest BCUT2D eigenvalue weighted by Crippen LogP contribution is -2.43. The van der Waals surface area contributed by atoms with E-state index in [1.807, 2.05) is 11.0 Å². The van der Waals surface area contributed by atoms with E-state index in [9.17, 15) is 9.59 Å². The summed E-state index contributed by atoms with van der Waals surface area (Å²) in [7, 11) is 1.73. The molecule has 7 heteroatoms. The second kappa shape index (κ2) is 6.24. The average Bonchev–Trinajstić information content (AvgIpc) is 2.81. The van der Waals surface area contributed by atoms with E-state index >= 15 is 0 Å². The van der Waals surface area contributed by atoms with Gasteiger partial charge in [0, 0.05) is 37.2 Å². The number of halogens is 1. The van der Waals surface area contributed by atoms with Gasteiger partial charge in [0.2, 0.25) is 5.91 Å². The van der Waals surface area contributed by atoms with E-state index in [1.54, 1.807) is 24.2 Å². The Kier molecular flexibility index (Phi) is 4.33. The molecule has 2 saturated heterocycles. The molecule has 2 atom stereocenters. The number of rotatable bonds is 1. The van der Waals surface area contributed by atoms with Crippen LogP contribution in [-0.2, 0) is 4.79 Å². The Morgan fingerprint density at radius 3 is 3.00 bits per heavy atom. The number of hydrogen-bond donors (Lipinski definition) is 1. The van der Waals surface area contributed by atoms with Gasteiger partial charge in [0.15, 0.2) is 0 Å². The first kappa shape index (κ1) is 15.3. The van der Waals surface area contributed by atoms with E-state index in [1.165, 1.54) is 0 Å². The number of likely N-dealkylation sites (tertiary alicyclic amines) is 1. The van der Waals surface area contributed by atoms with Gasteiger partial charge < -0.3 is 10.2 Å². The maximum Gasteiger partial charge on any atom is 0.325 e. The van der Waals surface area contributed by atoms with Crippen LogP contribution in [-0.4, -0.2) is 48.0 Å². The lowest BCUT2D eigenvalue weighted by molar-refractivity contribution is -0.121. The minimum Gasteiger partial charge on any atom is -0.351 e. The number of nitrogens with zero attached hydrogens (tertiary/aromatic N) is 3. The Hall–Kier alpha value is -1.63.